The van der Waals surface area contributed by atoms with E-state index in [4.69, 9.17) is 0 Å². The number of carbonyl (C=O) groups excluding carboxylic acids is 6. The first-order valence-corrected chi connectivity index (χ1v) is 24.4. The van der Waals surface area contributed by atoms with Crippen LogP contribution in [0.4, 0.5) is 0 Å². The van der Waals surface area contributed by atoms with Gasteiger partial charge in [-0.2, -0.15) is 0 Å². The van der Waals surface area contributed by atoms with E-state index in [0.717, 1.165) is 22.3 Å². The highest BCUT2D eigenvalue weighted by atomic mass is 16.2. The Morgan fingerprint density at radius 3 is 1.04 bits per heavy atom. The molecule has 0 spiro atoms. The zero-order chi connectivity index (χ0) is 51.8. The van der Waals surface area contributed by atoms with Gasteiger partial charge in [-0.15, -0.1) is 0 Å². The van der Waals surface area contributed by atoms with Gasteiger partial charge in [0, 0.05) is 49.4 Å². The molecule has 0 aliphatic rings. The van der Waals surface area contributed by atoms with Crippen molar-refractivity contribution in [3.63, 3.8) is 0 Å². The zero-order valence-corrected chi connectivity index (χ0v) is 43.4. The summed E-state index contributed by atoms with van der Waals surface area (Å²) in [7, 11) is 3.38. The number of carbonyl (C=O) groups is 6. The zero-order valence-electron chi connectivity index (χ0n) is 43.4. The largest absolute Gasteiger partial charge is 0.350 e. The molecule has 0 saturated carbocycles. The van der Waals surface area contributed by atoms with Crippen molar-refractivity contribution >= 4 is 35.4 Å². The van der Waals surface area contributed by atoms with E-state index in [2.05, 4.69) is 31.9 Å². The van der Waals surface area contributed by atoms with E-state index in [-0.39, 0.29) is 48.5 Å². The first-order chi connectivity index (χ1) is 33.0. The fourth-order valence-corrected chi connectivity index (χ4v) is 7.90. The highest BCUT2D eigenvalue weighted by Crippen LogP contribution is 2.24. The van der Waals surface area contributed by atoms with Crippen LogP contribution in [0.5, 0.6) is 0 Å². The molecule has 0 heterocycles. The molecule has 70 heavy (non-hydrogen) atoms. The molecule has 6 N–H and O–H groups in total. The summed E-state index contributed by atoms with van der Waals surface area (Å²) in [6, 6.07) is 31.2. The minimum absolute atomic E-state index is 0.184. The third-order valence-corrected chi connectivity index (χ3v) is 12.4. The topological polar surface area (TPSA) is 181 Å². The first-order valence-electron chi connectivity index (χ1n) is 24.4. The molecular weight excluding hydrogens is 881 g/mol. The van der Waals surface area contributed by atoms with Gasteiger partial charge in [0.05, 0.1) is 12.1 Å². The second-order valence-corrected chi connectivity index (χ2v) is 20.6. The summed E-state index contributed by atoms with van der Waals surface area (Å²) >= 11 is 0. The Bertz CT molecular complexity index is 2160. The van der Waals surface area contributed by atoms with Gasteiger partial charge in [0.2, 0.25) is 23.6 Å². The minimum atomic E-state index is -0.796. The van der Waals surface area contributed by atoms with Crippen LogP contribution in [0.2, 0.25) is 0 Å². The average molecular weight is 959 g/mol. The predicted octanol–water partition coefficient (Wildman–Crippen LogP) is 6.01. The SMILES string of the molecule is CN[C@@H](C)C(=O)N[C@H](C(=O)N[C@@H](C)CN(CCc1ccccc1)C(=O)c1ccc(-c2ccc(C(=O)N(CCc3ccccc3)C[C@H](C)NC(=O)[C@@H](NC(=O)[C@H](C)NC)C(C)(C)C)cc2)cc1)C(C)(C)C. The van der Waals surface area contributed by atoms with Crippen LogP contribution < -0.4 is 31.9 Å². The van der Waals surface area contributed by atoms with Gasteiger partial charge in [-0.3, -0.25) is 28.8 Å². The van der Waals surface area contributed by atoms with E-state index in [9.17, 15) is 28.8 Å². The van der Waals surface area contributed by atoms with Crippen molar-refractivity contribution < 1.29 is 28.8 Å². The van der Waals surface area contributed by atoms with Gasteiger partial charge in [0.1, 0.15) is 12.1 Å². The molecule has 4 aromatic carbocycles. The molecule has 0 aromatic heterocycles. The van der Waals surface area contributed by atoms with Crippen LogP contribution >= 0.6 is 0 Å². The molecule has 0 aliphatic heterocycles. The third kappa shape index (κ3) is 16.9. The Labute approximate surface area is 416 Å². The summed E-state index contributed by atoms with van der Waals surface area (Å²) in [6.45, 7) is 19.9. The first kappa shape index (κ1) is 56.2. The summed E-state index contributed by atoms with van der Waals surface area (Å²) in [6.07, 6.45) is 1.23. The molecular formula is C56H78N8O6. The van der Waals surface area contributed by atoms with Crippen LogP contribution in [-0.2, 0) is 32.0 Å². The molecule has 14 nitrogen and oxygen atoms in total. The summed E-state index contributed by atoms with van der Waals surface area (Å²) in [4.78, 5) is 85.0. The van der Waals surface area contributed by atoms with Crippen molar-refractivity contribution in [3.8, 4) is 11.1 Å². The maximum Gasteiger partial charge on any atom is 0.253 e. The second kappa shape index (κ2) is 26.0. The summed E-state index contributed by atoms with van der Waals surface area (Å²) in [5.41, 5.74) is 3.71. The molecule has 378 valence electrons. The molecule has 0 radical (unpaired) electrons. The van der Waals surface area contributed by atoms with Crippen molar-refractivity contribution in [3.05, 3.63) is 131 Å². The minimum Gasteiger partial charge on any atom is -0.350 e. The van der Waals surface area contributed by atoms with E-state index in [1.54, 1.807) is 62.0 Å². The van der Waals surface area contributed by atoms with Crippen LogP contribution in [0, 0.1) is 10.8 Å². The number of amides is 6. The highest BCUT2D eigenvalue weighted by Gasteiger charge is 2.36. The van der Waals surface area contributed by atoms with E-state index in [0.29, 0.717) is 37.1 Å². The van der Waals surface area contributed by atoms with Gasteiger partial charge in [0.15, 0.2) is 0 Å². The molecule has 4 aromatic rings. The van der Waals surface area contributed by atoms with E-state index >= 15 is 0 Å². The van der Waals surface area contributed by atoms with Crippen molar-refractivity contribution in [1.29, 1.82) is 0 Å². The smallest absolute Gasteiger partial charge is 0.253 e. The second-order valence-electron chi connectivity index (χ2n) is 20.6. The van der Waals surface area contributed by atoms with Crippen molar-refractivity contribution in [2.45, 2.75) is 118 Å². The maximum absolute atomic E-state index is 14.3. The van der Waals surface area contributed by atoms with Crippen LogP contribution in [0.3, 0.4) is 0 Å². The lowest BCUT2D eigenvalue weighted by Crippen LogP contribution is -2.58. The lowest BCUT2D eigenvalue weighted by atomic mass is 9.85. The van der Waals surface area contributed by atoms with Gasteiger partial charge in [-0.05, 0) is 112 Å². The van der Waals surface area contributed by atoms with Crippen molar-refractivity contribution in [2.24, 2.45) is 10.8 Å². The molecule has 6 atom stereocenters. The van der Waals surface area contributed by atoms with Gasteiger partial charge >= 0.3 is 0 Å². The van der Waals surface area contributed by atoms with Crippen LogP contribution in [0.1, 0.15) is 101 Å². The quantitative estimate of drug-likeness (QED) is 0.0523. The molecule has 0 bridgehead atoms. The van der Waals surface area contributed by atoms with Gasteiger partial charge in [-0.1, -0.05) is 126 Å². The summed E-state index contributed by atoms with van der Waals surface area (Å²) < 4.78 is 0. The molecule has 6 amide bonds. The number of nitrogens with one attached hydrogen (secondary N) is 6. The molecule has 0 unspecified atom stereocenters. The summed E-state index contributed by atoms with van der Waals surface area (Å²) in [5, 5.41) is 17.7. The molecule has 0 fully saturated rings. The average Bonchev–Trinajstić information content (AvgIpc) is 3.33. The standard InChI is InChI=1S/C56H78N8O6/c1-37(59-51(67)47(55(5,6)7)61-49(65)39(3)57-11)35-63(33-31-41-19-15-13-16-20-41)53(69)45-27-23-43(24-28-45)44-25-29-46(30-26-44)54(70)64(34-32-42-21-17-14-18-22-42)36-38(2)60-52(68)48(56(8,9)10)62-50(66)40(4)58-12/h13-30,37-40,47-48,57-58H,31-36H2,1-12H3,(H,59,67)(H,60,68)(H,61,65)(H,62,66)/t37-,38-,39-,40-,47+,48+/m0/s1. The molecule has 4 rings (SSSR count). The lowest BCUT2D eigenvalue weighted by Gasteiger charge is -2.33. The maximum atomic E-state index is 14.3. The fraction of sp³-hybridized carbons (Fsp3) is 0.464. The van der Waals surface area contributed by atoms with Crippen LogP contribution in [0.25, 0.3) is 11.1 Å². The summed E-state index contributed by atoms with van der Waals surface area (Å²) in [5.74, 6) is -1.57. The number of rotatable bonds is 23. The normalized spacial score (nSPS) is 14.2. The molecule has 0 aliphatic carbocycles. The van der Waals surface area contributed by atoms with Gasteiger partial charge in [0.25, 0.3) is 11.8 Å². The van der Waals surface area contributed by atoms with Crippen molar-refractivity contribution in [2.75, 3.05) is 40.3 Å². The number of benzene rings is 4. The van der Waals surface area contributed by atoms with Crippen molar-refractivity contribution in [1.82, 2.24) is 41.7 Å². The Morgan fingerprint density at radius 2 is 0.757 bits per heavy atom. The number of nitrogens with zero attached hydrogens (tertiary/aromatic N) is 2. The van der Waals surface area contributed by atoms with E-state index in [1.165, 1.54) is 0 Å². The Balaban J connectivity index is 1.50. The van der Waals surface area contributed by atoms with Crippen LogP contribution in [-0.4, -0.2) is 122 Å². The highest BCUT2D eigenvalue weighted by molar-refractivity contribution is 5.96. The number of hydrogen-bond acceptors (Lipinski definition) is 8. The van der Waals surface area contributed by atoms with E-state index in [1.807, 2.05) is 140 Å². The third-order valence-electron chi connectivity index (χ3n) is 12.4. The lowest BCUT2D eigenvalue weighted by molar-refractivity contribution is -0.132. The molecule has 0 saturated heterocycles. The fourth-order valence-electron chi connectivity index (χ4n) is 7.90. The van der Waals surface area contributed by atoms with E-state index < -0.39 is 47.1 Å². The van der Waals surface area contributed by atoms with Crippen LogP contribution in [0.15, 0.2) is 109 Å². The Kier molecular flexibility index (Phi) is 20.9. The molecule has 14 heteroatoms. The monoisotopic (exact) mass is 959 g/mol. The number of likely N-dealkylation sites (N-methyl/N-ethyl adjacent to an activating group) is 2. The van der Waals surface area contributed by atoms with Gasteiger partial charge in [-0.25, -0.2) is 0 Å². The Morgan fingerprint density at radius 1 is 0.443 bits per heavy atom. The van der Waals surface area contributed by atoms with Gasteiger partial charge < -0.3 is 41.7 Å². The Hall–Kier alpha value is -6.38. The number of hydrogen-bond donors (Lipinski definition) is 6. The predicted molar refractivity (Wildman–Crippen MR) is 279 cm³/mol.